The van der Waals surface area contributed by atoms with E-state index in [2.05, 4.69) is 207 Å². The van der Waals surface area contributed by atoms with Gasteiger partial charge in [0.25, 0.3) is 0 Å². The Balaban J connectivity index is 0.00000561. The van der Waals surface area contributed by atoms with E-state index in [-0.39, 0.29) is 24.0 Å². The normalized spacial score (nSPS) is 15.4. The second-order valence-corrected chi connectivity index (χ2v) is 19.9. The molecule has 4 heterocycles. The largest absolute Gasteiger partial charge is 1.00 e. The number of pyridine rings is 2. The Hall–Kier alpha value is -4.13. The van der Waals surface area contributed by atoms with E-state index in [0.717, 1.165) is 28.5 Å². The predicted octanol–water partition coefficient (Wildman–Crippen LogP) is 7.62. The van der Waals surface area contributed by atoms with Crippen LogP contribution in [0.1, 0.15) is 36.8 Å². The first kappa shape index (κ1) is 44.9. The molecule has 0 N–H and O–H groups in total. The lowest BCUT2D eigenvalue weighted by Crippen LogP contribution is -3.00. The van der Waals surface area contributed by atoms with Gasteiger partial charge in [-0.15, -0.1) is 0 Å². The zero-order chi connectivity index (χ0) is 41.7. The number of aromatic nitrogens is 2. The summed E-state index contributed by atoms with van der Waals surface area (Å²) in [5.74, 6) is 0. The Morgan fingerprint density at radius 1 is 0.525 bits per heavy atom. The van der Waals surface area contributed by atoms with Gasteiger partial charge in [-0.05, 0) is 59.7 Å². The Morgan fingerprint density at radius 2 is 1.00 bits per heavy atom. The van der Waals surface area contributed by atoms with Gasteiger partial charge in [0, 0.05) is 67.4 Å². The molecule has 8 rings (SSSR count). The van der Waals surface area contributed by atoms with E-state index in [1.165, 1.54) is 110 Å². The van der Waals surface area contributed by atoms with Gasteiger partial charge in [0.1, 0.15) is 6.54 Å². The fourth-order valence-electron chi connectivity index (χ4n) is 8.80. The van der Waals surface area contributed by atoms with Gasteiger partial charge < -0.3 is 42.7 Å². The number of aryl methyl sites for hydroxylation is 2. The average molecular weight is 962 g/mol. The van der Waals surface area contributed by atoms with Crippen LogP contribution in [0, 0.1) is 0 Å². The number of allylic oxidation sites excluding steroid dienone is 2. The third-order valence-corrected chi connectivity index (χ3v) is 14.7. The Kier molecular flexibility index (Phi) is 14.7. The fraction of sp³-hybridized carbons (Fsp3) is 0.308. The van der Waals surface area contributed by atoms with Crippen molar-refractivity contribution in [1.82, 2.24) is 0 Å². The van der Waals surface area contributed by atoms with Gasteiger partial charge in [0.15, 0.2) is 18.9 Å². The second kappa shape index (κ2) is 19.9. The number of benzene rings is 4. The summed E-state index contributed by atoms with van der Waals surface area (Å²) in [7, 11) is 14.0. The number of fused-ring (bicyclic) bond motifs is 4. The summed E-state index contributed by atoms with van der Waals surface area (Å²) in [6.45, 7) is 6.86. The zero-order valence-electron chi connectivity index (χ0n) is 36.8. The number of hydrogen-bond acceptors (Lipinski definition) is 4. The van der Waals surface area contributed by atoms with Crippen molar-refractivity contribution < 1.29 is 42.1 Å². The molecule has 6 nitrogen and oxygen atoms in total. The minimum Gasteiger partial charge on any atom is -1.00 e. The molecule has 2 aliphatic rings. The first-order valence-corrected chi connectivity index (χ1v) is 23.3. The highest BCUT2D eigenvalue weighted by Gasteiger charge is 2.24. The Bertz CT molecular complexity index is 2580. The number of nitrogens with zero attached hydrogens (tertiary/aromatic N) is 6. The van der Waals surface area contributed by atoms with E-state index in [1.807, 2.05) is 23.5 Å². The number of halogens is 1. The lowest BCUT2D eigenvalue weighted by Gasteiger charge is -2.33. The van der Waals surface area contributed by atoms with Crippen molar-refractivity contribution in [2.45, 2.75) is 48.6 Å². The van der Waals surface area contributed by atoms with Crippen LogP contribution in [0.4, 0.5) is 11.4 Å². The summed E-state index contributed by atoms with van der Waals surface area (Å²) in [5, 5.41) is 5.14. The van der Waals surface area contributed by atoms with Crippen LogP contribution < -0.4 is 42.9 Å². The van der Waals surface area contributed by atoms with Gasteiger partial charge >= 0.3 is 0 Å². The molecule has 316 valence electrons. The van der Waals surface area contributed by atoms with Crippen LogP contribution in [0.15, 0.2) is 154 Å². The van der Waals surface area contributed by atoms with Gasteiger partial charge in [0.2, 0.25) is 11.0 Å². The molecular weight excluding hydrogens is 900 g/mol. The molecule has 0 saturated carbocycles. The second-order valence-electron chi connectivity index (χ2n) is 17.7. The van der Waals surface area contributed by atoms with E-state index in [1.54, 1.807) is 0 Å². The standard InChI is InChI=1S/C52H62N6S2.HI/c1-53-47-25-11-13-27-49(47)59-51(53)29-17-20-41-30-34-55(45-23-9-7-21-43(41)45)32-15-16-36-57(3,4)38-19-39-58(5,6)37-18-33-56-35-31-42(44-22-8-10-24-46(44)56)40-52-54(2)48-26-12-14-28-50(48)60-52;/h7-14,17,20-31,34-35,40H,15-16,18-19,32-33,36-39H2,1-6H3;1H/q+4;/p-1. The van der Waals surface area contributed by atoms with E-state index >= 15 is 0 Å². The van der Waals surface area contributed by atoms with Crippen molar-refractivity contribution in [3.05, 3.63) is 155 Å². The highest BCUT2D eigenvalue weighted by Crippen LogP contribution is 2.46. The maximum atomic E-state index is 2.46. The van der Waals surface area contributed by atoms with Crippen molar-refractivity contribution in [2.24, 2.45) is 0 Å². The molecule has 0 atom stereocenters. The van der Waals surface area contributed by atoms with Crippen LogP contribution in [0.25, 0.3) is 34.0 Å². The van der Waals surface area contributed by atoms with Gasteiger partial charge in [-0.3, -0.25) is 0 Å². The number of hydrogen-bond donors (Lipinski definition) is 0. The van der Waals surface area contributed by atoms with E-state index in [4.69, 9.17) is 0 Å². The Morgan fingerprint density at radius 3 is 1.62 bits per heavy atom. The first-order chi connectivity index (χ1) is 29.1. The minimum absolute atomic E-state index is 0. The summed E-state index contributed by atoms with van der Waals surface area (Å²) < 4.78 is 7.04. The molecule has 2 aliphatic heterocycles. The van der Waals surface area contributed by atoms with E-state index in [0.29, 0.717) is 0 Å². The predicted molar refractivity (Wildman–Crippen MR) is 257 cm³/mol. The molecule has 2 aromatic heterocycles. The van der Waals surface area contributed by atoms with Crippen LogP contribution in [0.3, 0.4) is 0 Å². The van der Waals surface area contributed by atoms with Crippen molar-refractivity contribution in [3.8, 4) is 0 Å². The molecule has 0 fully saturated rings. The van der Waals surface area contributed by atoms with Crippen molar-refractivity contribution in [3.63, 3.8) is 0 Å². The SMILES string of the molecule is CN1/C(=C/C=C/c2cc[n+](CCCC[N+](C)(C)CCC[N+](C)(C)CCC[n+]3ccc(/C=C4\Sc5ccccc5N4C)c4ccccc43)c3ccccc23)Sc2ccccc21.[I-]. The molecule has 0 unspecified atom stereocenters. The average Bonchev–Trinajstić information content (AvgIpc) is 3.74. The highest BCUT2D eigenvalue weighted by molar-refractivity contribution is 8.04. The third-order valence-electron chi connectivity index (χ3n) is 12.4. The monoisotopic (exact) mass is 961 g/mol. The zero-order valence-corrected chi connectivity index (χ0v) is 40.6. The summed E-state index contributed by atoms with van der Waals surface area (Å²) in [5.41, 5.74) is 7.71. The molecule has 6 aromatic rings. The fourth-order valence-corrected chi connectivity index (χ4v) is 11.0. The van der Waals surface area contributed by atoms with Gasteiger partial charge in [0.05, 0.1) is 93.0 Å². The smallest absolute Gasteiger partial charge is 0.213 e. The van der Waals surface area contributed by atoms with Gasteiger partial charge in [-0.1, -0.05) is 84.2 Å². The highest BCUT2D eigenvalue weighted by atomic mass is 127. The van der Waals surface area contributed by atoms with Crippen LogP contribution in [-0.4, -0.2) is 77.4 Å². The van der Waals surface area contributed by atoms with Crippen LogP contribution >= 0.6 is 23.5 Å². The third kappa shape index (κ3) is 10.7. The number of thioether (sulfide) groups is 2. The van der Waals surface area contributed by atoms with Crippen LogP contribution in [0.2, 0.25) is 0 Å². The maximum absolute atomic E-state index is 2.46. The number of unbranched alkanes of at least 4 members (excludes halogenated alkanes) is 1. The molecule has 0 bridgehead atoms. The quantitative estimate of drug-likeness (QED) is 0.0429. The van der Waals surface area contributed by atoms with Gasteiger partial charge in [-0.25, -0.2) is 0 Å². The molecule has 4 aromatic carbocycles. The van der Waals surface area contributed by atoms with Crippen molar-refractivity contribution in [2.75, 3.05) is 78.3 Å². The molecule has 0 saturated heterocycles. The topological polar surface area (TPSA) is 14.2 Å². The first-order valence-electron chi connectivity index (χ1n) is 21.6. The lowest BCUT2D eigenvalue weighted by molar-refractivity contribution is -0.910. The van der Waals surface area contributed by atoms with Crippen molar-refractivity contribution >= 4 is 68.9 Å². The molecule has 0 aliphatic carbocycles. The molecule has 0 radical (unpaired) electrons. The maximum Gasteiger partial charge on any atom is 0.213 e. The van der Waals surface area contributed by atoms with Crippen molar-refractivity contribution in [1.29, 1.82) is 0 Å². The van der Waals surface area contributed by atoms with Crippen LogP contribution in [-0.2, 0) is 13.1 Å². The number of quaternary nitrogens is 2. The summed E-state index contributed by atoms with van der Waals surface area (Å²) >= 11 is 3.69. The molecule has 0 spiro atoms. The van der Waals surface area contributed by atoms with E-state index in [9.17, 15) is 0 Å². The molecule has 0 amide bonds. The lowest BCUT2D eigenvalue weighted by atomic mass is 10.1. The molecule has 9 heteroatoms. The van der Waals surface area contributed by atoms with Gasteiger partial charge in [-0.2, -0.15) is 9.13 Å². The number of anilines is 2. The number of rotatable bonds is 16. The minimum atomic E-state index is 0. The summed E-state index contributed by atoms with van der Waals surface area (Å²) in [6, 6.07) is 39.6. The molecule has 61 heavy (non-hydrogen) atoms. The van der Waals surface area contributed by atoms with E-state index < -0.39 is 0 Å². The summed E-state index contributed by atoms with van der Waals surface area (Å²) in [4.78, 5) is 7.23. The Labute approximate surface area is 390 Å². The number of para-hydroxylation sites is 4. The van der Waals surface area contributed by atoms with Crippen LogP contribution in [0.5, 0.6) is 0 Å². The summed E-state index contributed by atoms with van der Waals surface area (Å²) in [6.07, 6.45) is 18.4. The molecular formula is C52H62IN6S2+3.